The Morgan fingerprint density at radius 2 is 1.80 bits per heavy atom. The van der Waals surface area contributed by atoms with Crippen molar-refractivity contribution in [1.82, 2.24) is 20.2 Å². The van der Waals surface area contributed by atoms with E-state index >= 15 is 0 Å². The van der Waals surface area contributed by atoms with Crippen LogP contribution in [0.25, 0.3) is 0 Å². The van der Waals surface area contributed by atoms with Crippen LogP contribution in [0.5, 0.6) is 0 Å². The zero-order chi connectivity index (χ0) is 18.4. The average molecular weight is 342 g/mol. The number of benzene rings is 1. The molecule has 2 rings (SSSR count). The van der Waals surface area contributed by atoms with Crippen molar-refractivity contribution in [2.45, 2.75) is 46.2 Å². The van der Waals surface area contributed by atoms with Crippen LogP contribution in [0, 0.1) is 0 Å². The number of nitrogens with zero attached hydrogens (tertiary/aromatic N) is 2. The van der Waals surface area contributed by atoms with Crippen LogP contribution in [-0.4, -0.2) is 27.9 Å². The van der Waals surface area contributed by atoms with Crippen molar-refractivity contribution in [2.24, 2.45) is 0 Å². The monoisotopic (exact) mass is 342 g/mol. The molecule has 2 N–H and O–H groups in total. The highest BCUT2D eigenvalue weighted by atomic mass is 16.2. The molecule has 1 aromatic heterocycles. The van der Waals surface area contributed by atoms with Crippen LogP contribution < -0.4 is 10.6 Å². The van der Waals surface area contributed by atoms with Crippen molar-refractivity contribution >= 4 is 11.8 Å². The lowest BCUT2D eigenvalue weighted by Gasteiger charge is -2.19. The van der Waals surface area contributed by atoms with Gasteiger partial charge in [0.25, 0.3) is 5.91 Å². The van der Waals surface area contributed by atoms with E-state index in [0.717, 1.165) is 17.9 Å². The van der Waals surface area contributed by atoms with E-state index in [4.69, 9.17) is 0 Å². The molecule has 0 saturated heterocycles. The first-order chi connectivity index (χ1) is 11.8. The summed E-state index contributed by atoms with van der Waals surface area (Å²) in [6, 6.07) is 7.46. The number of aryl methyl sites for hydroxylation is 1. The predicted octanol–water partition coefficient (Wildman–Crippen LogP) is 2.25. The largest absolute Gasteiger partial charge is 0.347 e. The van der Waals surface area contributed by atoms with Crippen LogP contribution >= 0.6 is 0 Å². The number of carbonyl (C=O) groups excluding carboxylic acids is 2. The van der Waals surface area contributed by atoms with Crippen molar-refractivity contribution < 1.29 is 9.59 Å². The molecule has 0 aliphatic rings. The molecule has 0 radical (unpaired) electrons. The Morgan fingerprint density at radius 3 is 2.40 bits per heavy atom. The summed E-state index contributed by atoms with van der Waals surface area (Å²) >= 11 is 0. The van der Waals surface area contributed by atoms with E-state index in [1.54, 1.807) is 18.3 Å². The summed E-state index contributed by atoms with van der Waals surface area (Å²) < 4.78 is 1.95. The molecule has 0 spiro atoms. The van der Waals surface area contributed by atoms with Gasteiger partial charge in [-0.05, 0) is 30.0 Å². The Labute approximate surface area is 148 Å². The maximum absolute atomic E-state index is 12.1. The minimum atomic E-state index is -0.259. The zero-order valence-corrected chi connectivity index (χ0v) is 15.3. The lowest BCUT2D eigenvalue weighted by atomic mass is 9.87. The molecule has 6 nitrogen and oxygen atoms in total. The summed E-state index contributed by atoms with van der Waals surface area (Å²) in [4.78, 5) is 28.2. The highest BCUT2D eigenvalue weighted by Gasteiger charge is 2.14. The molecule has 0 aliphatic heterocycles. The van der Waals surface area contributed by atoms with Crippen molar-refractivity contribution in [3.8, 4) is 0 Å². The molecule has 2 amide bonds. The van der Waals surface area contributed by atoms with Gasteiger partial charge in [0.1, 0.15) is 5.82 Å². The third kappa shape index (κ3) is 5.17. The topological polar surface area (TPSA) is 76.0 Å². The second-order valence-corrected chi connectivity index (χ2v) is 6.92. The molecule has 0 atom stereocenters. The van der Waals surface area contributed by atoms with Gasteiger partial charge < -0.3 is 15.2 Å². The van der Waals surface area contributed by atoms with E-state index in [1.165, 1.54) is 0 Å². The summed E-state index contributed by atoms with van der Waals surface area (Å²) in [5, 5.41) is 5.40. The van der Waals surface area contributed by atoms with E-state index in [9.17, 15) is 9.59 Å². The van der Waals surface area contributed by atoms with Crippen LogP contribution in [0.1, 0.15) is 49.4 Å². The number of imidazole rings is 1. The number of rotatable bonds is 6. The first kappa shape index (κ1) is 18.7. The molecule has 0 saturated carbocycles. The Kier molecular flexibility index (Phi) is 5.96. The van der Waals surface area contributed by atoms with Gasteiger partial charge >= 0.3 is 0 Å². The Bertz CT molecular complexity index is 727. The maximum Gasteiger partial charge on any atom is 0.251 e. The first-order valence-corrected chi connectivity index (χ1v) is 8.46. The standard InChI is InChI=1S/C19H26N4O2/c1-5-23-11-10-20-16(23)12-21-17(24)13-22-18(25)14-6-8-15(9-7-14)19(2,3)4/h6-11H,5,12-13H2,1-4H3,(H,21,24)(H,22,25). The molecule has 1 heterocycles. The first-order valence-electron chi connectivity index (χ1n) is 8.46. The van der Waals surface area contributed by atoms with E-state index in [2.05, 4.69) is 36.4 Å². The minimum Gasteiger partial charge on any atom is -0.347 e. The Morgan fingerprint density at radius 1 is 1.12 bits per heavy atom. The Balaban J connectivity index is 1.82. The fourth-order valence-electron chi connectivity index (χ4n) is 2.42. The summed E-state index contributed by atoms with van der Waals surface area (Å²) in [6.07, 6.45) is 3.57. The molecular formula is C19H26N4O2. The molecule has 6 heteroatoms. The molecule has 2 aromatic rings. The SMILES string of the molecule is CCn1ccnc1CNC(=O)CNC(=O)c1ccc(C(C)(C)C)cc1. The fourth-order valence-corrected chi connectivity index (χ4v) is 2.42. The highest BCUT2D eigenvalue weighted by Crippen LogP contribution is 2.22. The van der Waals surface area contributed by atoms with Gasteiger partial charge in [-0.25, -0.2) is 4.98 Å². The van der Waals surface area contributed by atoms with Gasteiger partial charge in [-0.1, -0.05) is 32.9 Å². The zero-order valence-electron chi connectivity index (χ0n) is 15.3. The average Bonchev–Trinajstić information content (AvgIpc) is 3.04. The van der Waals surface area contributed by atoms with E-state index in [0.29, 0.717) is 12.1 Å². The van der Waals surface area contributed by atoms with Gasteiger partial charge in [-0.2, -0.15) is 0 Å². The van der Waals surface area contributed by atoms with Crippen LogP contribution in [0.2, 0.25) is 0 Å². The normalized spacial score (nSPS) is 11.2. The fraction of sp³-hybridized carbons (Fsp3) is 0.421. The highest BCUT2D eigenvalue weighted by molar-refractivity contribution is 5.96. The van der Waals surface area contributed by atoms with Gasteiger partial charge in [-0.15, -0.1) is 0 Å². The van der Waals surface area contributed by atoms with Crippen molar-refractivity contribution in [3.63, 3.8) is 0 Å². The number of nitrogens with one attached hydrogen (secondary N) is 2. The number of amides is 2. The van der Waals surface area contributed by atoms with E-state index < -0.39 is 0 Å². The predicted molar refractivity (Wildman–Crippen MR) is 97.2 cm³/mol. The summed E-state index contributed by atoms with van der Waals surface area (Å²) in [6.45, 7) is 9.45. The van der Waals surface area contributed by atoms with Crippen molar-refractivity contribution in [1.29, 1.82) is 0 Å². The van der Waals surface area contributed by atoms with E-state index in [1.807, 2.05) is 29.8 Å². The smallest absolute Gasteiger partial charge is 0.251 e. The molecule has 0 bridgehead atoms. The number of aromatic nitrogens is 2. The minimum absolute atomic E-state index is 0.0408. The second-order valence-electron chi connectivity index (χ2n) is 6.92. The van der Waals surface area contributed by atoms with Crippen LogP contribution in [0.3, 0.4) is 0 Å². The quantitative estimate of drug-likeness (QED) is 0.845. The van der Waals surface area contributed by atoms with Crippen molar-refractivity contribution in [3.05, 3.63) is 53.6 Å². The molecule has 0 unspecified atom stereocenters. The third-order valence-electron chi connectivity index (χ3n) is 4.01. The van der Waals surface area contributed by atoms with E-state index in [-0.39, 0.29) is 23.8 Å². The lowest BCUT2D eigenvalue weighted by molar-refractivity contribution is -0.120. The number of carbonyl (C=O) groups is 2. The molecule has 0 fully saturated rings. The van der Waals surface area contributed by atoms with Crippen LogP contribution in [0.15, 0.2) is 36.7 Å². The van der Waals surface area contributed by atoms with Gasteiger partial charge in [0.05, 0.1) is 13.1 Å². The number of hydrogen-bond donors (Lipinski definition) is 2. The van der Waals surface area contributed by atoms with Gasteiger partial charge in [0.2, 0.25) is 5.91 Å². The molecule has 0 aliphatic carbocycles. The van der Waals surface area contributed by atoms with Gasteiger partial charge in [-0.3, -0.25) is 9.59 Å². The Hall–Kier alpha value is -2.63. The molecule has 1 aromatic carbocycles. The third-order valence-corrected chi connectivity index (χ3v) is 4.01. The summed E-state index contributed by atoms with van der Waals surface area (Å²) in [5.41, 5.74) is 1.74. The van der Waals surface area contributed by atoms with Crippen molar-refractivity contribution in [2.75, 3.05) is 6.54 Å². The molecular weight excluding hydrogens is 316 g/mol. The number of hydrogen-bond acceptors (Lipinski definition) is 3. The summed E-state index contributed by atoms with van der Waals surface area (Å²) in [7, 11) is 0. The summed E-state index contributed by atoms with van der Waals surface area (Å²) in [5.74, 6) is 0.288. The second kappa shape index (κ2) is 7.96. The molecule has 134 valence electrons. The lowest BCUT2D eigenvalue weighted by Crippen LogP contribution is -2.37. The maximum atomic E-state index is 12.1. The van der Waals surface area contributed by atoms with Crippen LogP contribution in [0.4, 0.5) is 0 Å². The van der Waals surface area contributed by atoms with Crippen LogP contribution in [-0.2, 0) is 23.3 Å². The van der Waals surface area contributed by atoms with Gasteiger partial charge in [0, 0.05) is 24.5 Å². The van der Waals surface area contributed by atoms with Gasteiger partial charge in [0.15, 0.2) is 0 Å². The molecule has 25 heavy (non-hydrogen) atoms.